The molecule has 1 aromatic rings. The molecule has 1 aromatic carbocycles. The maximum atomic E-state index is 10.2. The molecule has 0 radical (unpaired) electrons. The number of hydrogen-bond acceptors (Lipinski definition) is 6. The van der Waals surface area contributed by atoms with Crippen LogP contribution in [-0.4, -0.2) is 30.9 Å². The van der Waals surface area contributed by atoms with Crippen molar-refractivity contribution in [2.45, 2.75) is 13.3 Å². The molecule has 0 aliphatic rings. The minimum absolute atomic E-state index is 0.404. The lowest BCUT2D eigenvalue weighted by atomic mass is 10.1. The number of hydrogen-bond donors (Lipinski definition) is 2. The van der Waals surface area contributed by atoms with Crippen LogP contribution in [0.5, 0.6) is 11.5 Å². The highest BCUT2D eigenvalue weighted by Gasteiger charge is 2.10. The molecule has 114 valence electrons. The van der Waals surface area contributed by atoms with Crippen molar-refractivity contribution in [1.82, 2.24) is 5.43 Å². The first-order chi connectivity index (χ1) is 10.0. The monoisotopic (exact) mass is 295 g/mol. The second-order valence-electron chi connectivity index (χ2n) is 3.82. The molecule has 0 saturated heterocycles. The van der Waals surface area contributed by atoms with Crippen LogP contribution in [0.1, 0.15) is 18.9 Å². The van der Waals surface area contributed by atoms with Crippen LogP contribution in [-0.2, 0) is 0 Å². The maximum Gasteiger partial charge on any atom is 0.275 e. The molecule has 0 bridgehead atoms. The molecule has 0 spiro atoms. The average molecular weight is 295 g/mol. The predicted octanol–water partition coefficient (Wildman–Crippen LogP) is 0.914. The molecule has 0 fully saturated rings. The van der Waals surface area contributed by atoms with Crippen LogP contribution in [0.15, 0.2) is 28.4 Å². The SMILES string of the molecule is CC/C(=N\N=C(/N)N[N+](=O)[O-])c1ccc(OC)cc1OC. The fraction of sp³-hybridized carbons (Fsp3) is 0.333. The summed E-state index contributed by atoms with van der Waals surface area (Å²) in [5, 5.41) is 16.9. The van der Waals surface area contributed by atoms with Crippen molar-refractivity contribution in [2.24, 2.45) is 15.9 Å². The molecule has 0 aliphatic heterocycles. The quantitative estimate of drug-likeness (QED) is 0.348. The standard InChI is InChI=1S/C12H17N5O4/c1-4-10(14-15-12(13)16-17(18)19)9-6-5-8(20-2)7-11(9)21-3/h5-7H,4H2,1-3H3,(H3,13,15,16)/b14-10+. The van der Waals surface area contributed by atoms with E-state index in [-0.39, 0.29) is 0 Å². The minimum Gasteiger partial charge on any atom is -0.497 e. The van der Waals surface area contributed by atoms with Gasteiger partial charge in [0.05, 0.1) is 19.9 Å². The van der Waals surface area contributed by atoms with Crippen LogP contribution in [0.3, 0.4) is 0 Å². The first-order valence-electron chi connectivity index (χ1n) is 6.05. The lowest BCUT2D eigenvalue weighted by molar-refractivity contribution is -0.525. The Morgan fingerprint density at radius 1 is 1.38 bits per heavy atom. The Kier molecular flexibility index (Phi) is 5.93. The normalized spacial score (nSPS) is 12.0. The molecular weight excluding hydrogens is 278 g/mol. The molecule has 0 heterocycles. The molecule has 0 aliphatic carbocycles. The first kappa shape index (κ1) is 16.2. The van der Waals surface area contributed by atoms with Gasteiger partial charge in [-0.15, -0.1) is 5.10 Å². The molecule has 9 heteroatoms. The number of nitrogens with one attached hydrogen (secondary N) is 1. The lowest BCUT2D eigenvalue weighted by Gasteiger charge is -2.10. The van der Waals surface area contributed by atoms with Gasteiger partial charge in [-0.25, -0.2) is 10.1 Å². The highest BCUT2D eigenvalue weighted by atomic mass is 16.7. The van der Waals surface area contributed by atoms with Gasteiger partial charge >= 0.3 is 0 Å². The Hall–Kier alpha value is -2.84. The minimum atomic E-state index is -0.812. The highest BCUT2D eigenvalue weighted by molar-refractivity contribution is 6.03. The zero-order valence-corrected chi connectivity index (χ0v) is 12.0. The fourth-order valence-electron chi connectivity index (χ4n) is 1.58. The third kappa shape index (κ3) is 4.64. The molecule has 1 rings (SSSR count). The Balaban J connectivity index is 3.12. The number of nitro groups is 1. The number of guanidine groups is 1. The van der Waals surface area contributed by atoms with Crippen LogP contribution >= 0.6 is 0 Å². The van der Waals surface area contributed by atoms with Gasteiger partial charge in [-0.1, -0.05) is 12.3 Å². The van der Waals surface area contributed by atoms with Crippen molar-refractivity contribution in [3.8, 4) is 11.5 Å². The smallest absolute Gasteiger partial charge is 0.275 e. The number of nitrogens with zero attached hydrogens (tertiary/aromatic N) is 3. The van der Waals surface area contributed by atoms with Gasteiger partial charge in [0.2, 0.25) is 0 Å². The molecule has 0 saturated carbocycles. The van der Waals surface area contributed by atoms with E-state index >= 15 is 0 Å². The van der Waals surface area contributed by atoms with Crippen molar-refractivity contribution >= 4 is 11.7 Å². The van der Waals surface area contributed by atoms with Crippen molar-refractivity contribution in [1.29, 1.82) is 0 Å². The molecule has 9 nitrogen and oxygen atoms in total. The van der Waals surface area contributed by atoms with E-state index in [9.17, 15) is 10.1 Å². The van der Waals surface area contributed by atoms with Crippen molar-refractivity contribution in [3.63, 3.8) is 0 Å². The Morgan fingerprint density at radius 3 is 2.62 bits per heavy atom. The van der Waals surface area contributed by atoms with Crippen LogP contribution in [0.25, 0.3) is 0 Å². The summed E-state index contributed by atoms with van der Waals surface area (Å²) in [5.74, 6) is 0.800. The summed E-state index contributed by atoms with van der Waals surface area (Å²) in [6.07, 6.45) is 0.540. The van der Waals surface area contributed by atoms with Gasteiger partial charge in [0.25, 0.3) is 5.96 Å². The Morgan fingerprint density at radius 2 is 2.10 bits per heavy atom. The lowest BCUT2D eigenvalue weighted by Crippen LogP contribution is -2.35. The van der Waals surface area contributed by atoms with E-state index in [2.05, 4.69) is 10.2 Å². The molecular formula is C12H17N5O4. The van der Waals surface area contributed by atoms with Crippen molar-refractivity contribution in [3.05, 3.63) is 33.9 Å². The summed E-state index contributed by atoms with van der Waals surface area (Å²) in [7, 11) is 3.08. The van der Waals surface area contributed by atoms with Gasteiger partial charge in [-0.05, 0) is 18.6 Å². The summed E-state index contributed by atoms with van der Waals surface area (Å²) < 4.78 is 10.4. The number of benzene rings is 1. The van der Waals surface area contributed by atoms with Gasteiger partial charge in [0.1, 0.15) is 11.5 Å². The number of nitrogens with two attached hydrogens (primary N) is 1. The van der Waals surface area contributed by atoms with Crippen LogP contribution < -0.4 is 20.6 Å². The average Bonchev–Trinajstić information content (AvgIpc) is 2.47. The zero-order valence-electron chi connectivity index (χ0n) is 12.0. The molecule has 0 aromatic heterocycles. The van der Waals surface area contributed by atoms with Crippen molar-refractivity contribution in [2.75, 3.05) is 14.2 Å². The van der Waals surface area contributed by atoms with E-state index in [1.807, 2.05) is 6.92 Å². The second-order valence-corrected chi connectivity index (χ2v) is 3.82. The van der Waals surface area contributed by atoms with E-state index in [1.54, 1.807) is 30.7 Å². The van der Waals surface area contributed by atoms with E-state index in [1.165, 1.54) is 7.11 Å². The summed E-state index contributed by atoms with van der Waals surface area (Å²) in [6.45, 7) is 1.87. The molecule has 3 N–H and O–H groups in total. The summed E-state index contributed by atoms with van der Waals surface area (Å²) in [6, 6.07) is 5.24. The van der Waals surface area contributed by atoms with E-state index in [0.717, 1.165) is 0 Å². The van der Waals surface area contributed by atoms with Gasteiger partial charge in [-0.3, -0.25) is 0 Å². The number of rotatable bonds is 6. The topological polar surface area (TPSA) is 124 Å². The van der Waals surface area contributed by atoms with Crippen LogP contribution in [0.2, 0.25) is 0 Å². The van der Waals surface area contributed by atoms with Gasteiger partial charge in [0, 0.05) is 11.6 Å². The molecule has 0 amide bonds. The van der Waals surface area contributed by atoms with E-state index < -0.39 is 11.0 Å². The Labute approximate surface area is 121 Å². The predicted molar refractivity (Wildman–Crippen MR) is 78.1 cm³/mol. The second kappa shape index (κ2) is 7.68. The van der Waals surface area contributed by atoms with Crippen LogP contribution in [0, 0.1) is 10.1 Å². The largest absolute Gasteiger partial charge is 0.497 e. The van der Waals surface area contributed by atoms with Gasteiger partial charge in [-0.2, -0.15) is 5.10 Å². The number of hydrazine groups is 1. The van der Waals surface area contributed by atoms with Gasteiger partial charge < -0.3 is 15.2 Å². The summed E-state index contributed by atoms with van der Waals surface area (Å²) >= 11 is 0. The Bertz CT molecular complexity index is 571. The molecule has 0 atom stereocenters. The van der Waals surface area contributed by atoms with Crippen LogP contribution in [0.4, 0.5) is 0 Å². The summed E-state index contributed by atoms with van der Waals surface area (Å²) in [5.41, 5.74) is 8.30. The van der Waals surface area contributed by atoms with Gasteiger partial charge in [0.15, 0.2) is 5.03 Å². The van der Waals surface area contributed by atoms with E-state index in [0.29, 0.717) is 29.2 Å². The third-order valence-electron chi connectivity index (χ3n) is 2.54. The maximum absolute atomic E-state index is 10.2. The third-order valence-corrected chi connectivity index (χ3v) is 2.54. The first-order valence-corrected chi connectivity index (χ1v) is 6.05. The fourth-order valence-corrected chi connectivity index (χ4v) is 1.58. The van der Waals surface area contributed by atoms with Crippen molar-refractivity contribution < 1.29 is 14.5 Å². The number of methoxy groups -OCH3 is 2. The highest BCUT2D eigenvalue weighted by Crippen LogP contribution is 2.26. The summed E-state index contributed by atoms with van der Waals surface area (Å²) in [4.78, 5) is 10.2. The molecule has 21 heavy (non-hydrogen) atoms. The van der Waals surface area contributed by atoms with E-state index in [4.69, 9.17) is 15.2 Å². The molecule has 0 unspecified atom stereocenters. The zero-order chi connectivity index (χ0) is 15.8. The number of ether oxygens (including phenoxy) is 2.